The molecule has 1 heterocycles. The summed E-state index contributed by atoms with van der Waals surface area (Å²) in [4.78, 5) is 0.0101. The topological polar surface area (TPSA) is 37.4 Å². The molecule has 1 aliphatic rings. The largest absolute Gasteiger partial charge is 0.393 e. The molecule has 0 radical (unpaired) electrons. The molecular formula is C13H15BrF3NO2S. The molecule has 21 heavy (non-hydrogen) atoms. The molecule has 1 atom stereocenters. The number of piperidine rings is 1. The summed E-state index contributed by atoms with van der Waals surface area (Å²) >= 11 is 3.18. The second kappa shape index (κ2) is 5.89. The first kappa shape index (κ1) is 16.8. The number of sulfonamides is 1. The second-order valence-electron chi connectivity index (χ2n) is 5.18. The highest BCUT2D eigenvalue weighted by Gasteiger charge is 2.44. The number of hydrogen-bond donors (Lipinski definition) is 0. The molecule has 0 saturated carbocycles. The third-order valence-corrected chi connectivity index (χ3v) is 6.39. The lowest BCUT2D eigenvalue weighted by molar-refractivity contribution is -0.182. The van der Waals surface area contributed by atoms with Gasteiger partial charge in [0.2, 0.25) is 10.0 Å². The summed E-state index contributed by atoms with van der Waals surface area (Å²) in [7, 11) is -3.92. The third kappa shape index (κ3) is 3.60. The highest BCUT2D eigenvalue weighted by Crippen LogP contribution is 2.36. The van der Waals surface area contributed by atoms with E-state index in [0.29, 0.717) is 4.47 Å². The fraction of sp³-hybridized carbons (Fsp3) is 0.538. The van der Waals surface area contributed by atoms with Gasteiger partial charge in [-0.15, -0.1) is 0 Å². The van der Waals surface area contributed by atoms with Crippen molar-refractivity contribution < 1.29 is 21.6 Å². The van der Waals surface area contributed by atoms with Gasteiger partial charge in [-0.1, -0.05) is 6.07 Å². The number of halogens is 4. The minimum atomic E-state index is -4.36. The monoisotopic (exact) mass is 385 g/mol. The summed E-state index contributed by atoms with van der Waals surface area (Å²) in [5, 5.41) is 0. The number of benzene rings is 1. The summed E-state index contributed by atoms with van der Waals surface area (Å²) < 4.78 is 64.8. The van der Waals surface area contributed by atoms with Crippen LogP contribution in [0.25, 0.3) is 0 Å². The van der Waals surface area contributed by atoms with Crippen LogP contribution in [0.1, 0.15) is 18.4 Å². The molecule has 2 rings (SSSR count). The van der Waals surface area contributed by atoms with Gasteiger partial charge in [-0.05, 0) is 53.4 Å². The molecule has 0 N–H and O–H groups in total. The van der Waals surface area contributed by atoms with Crippen molar-refractivity contribution in [3.8, 4) is 0 Å². The van der Waals surface area contributed by atoms with Crippen molar-refractivity contribution in [2.45, 2.75) is 30.8 Å². The van der Waals surface area contributed by atoms with E-state index in [1.165, 1.54) is 6.07 Å². The van der Waals surface area contributed by atoms with Gasteiger partial charge in [0, 0.05) is 17.6 Å². The quantitative estimate of drug-likeness (QED) is 0.777. The normalized spacial score (nSPS) is 21.5. The molecule has 0 aromatic heterocycles. The highest BCUT2D eigenvalue weighted by molar-refractivity contribution is 9.10. The maximum Gasteiger partial charge on any atom is 0.393 e. The number of alkyl halides is 3. The molecule has 0 aliphatic carbocycles. The number of aryl methyl sites for hydroxylation is 1. The van der Waals surface area contributed by atoms with E-state index in [9.17, 15) is 21.6 Å². The Morgan fingerprint density at radius 2 is 2.00 bits per heavy atom. The zero-order valence-electron chi connectivity index (χ0n) is 11.3. The van der Waals surface area contributed by atoms with Gasteiger partial charge in [-0.25, -0.2) is 8.42 Å². The van der Waals surface area contributed by atoms with Gasteiger partial charge in [0.15, 0.2) is 0 Å². The average molecular weight is 386 g/mol. The van der Waals surface area contributed by atoms with Crippen LogP contribution >= 0.6 is 15.9 Å². The predicted molar refractivity (Wildman–Crippen MR) is 76.4 cm³/mol. The summed E-state index contributed by atoms with van der Waals surface area (Å²) in [6.07, 6.45) is -4.17. The number of hydrogen-bond acceptors (Lipinski definition) is 2. The van der Waals surface area contributed by atoms with Crippen LogP contribution in [-0.4, -0.2) is 32.0 Å². The van der Waals surface area contributed by atoms with Gasteiger partial charge in [0.05, 0.1) is 10.8 Å². The molecule has 1 aromatic carbocycles. The van der Waals surface area contributed by atoms with Crippen molar-refractivity contribution in [2.24, 2.45) is 5.92 Å². The first-order chi connectivity index (χ1) is 9.62. The minimum absolute atomic E-state index is 0.0101. The smallest absolute Gasteiger partial charge is 0.207 e. The highest BCUT2D eigenvalue weighted by atomic mass is 79.9. The van der Waals surface area contributed by atoms with E-state index in [0.717, 1.165) is 9.87 Å². The molecule has 1 fully saturated rings. The Morgan fingerprint density at radius 1 is 1.33 bits per heavy atom. The Labute approximate surface area is 130 Å². The van der Waals surface area contributed by atoms with Gasteiger partial charge in [0.25, 0.3) is 0 Å². The fourth-order valence-corrected chi connectivity index (χ4v) is 5.06. The van der Waals surface area contributed by atoms with Crippen molar-refractivity contribution in [1.29, 1.82) is 0 Å². The van der Waals surface area contributed by atoms with E-state index in [2.05, 4.69) is 15.9 Å². The predicted octanol–water partition coefficient (Wildman–Crippen LogP) is 3.72. The SMILES string of the molecule is Cc1ccc(S(=O)(=O)N2CCCC(C(F)(F)F)C2)c(Br)c1. The Morgan fingerprint density at radius 3 is 2.57 bits per heavy atom. The van der Waals surface area contributed by atoms with E-state index < -0.39 is 28.7 Å². The van der Waals surface area contributed by atoms with Crippen LogP contribution in [0.5, 0.6) is 0 Å². The van der Waals surface area contributed by atoms with Crippen molar-refractivity contribution in [3.05, 3.63) is 28.2 Å². The van der Waals surface area contributed by atoms with Crippen LogP contribution in [0.15, 0.2) is 27.6 Å². The van der Waals surface area contributed by atoms with Crippen molar-refractivity contribution >= 4 is 26.0 Å². The van der Waals surface area contributed by atoms with Crippen molar-refractivity contribution in [3.63, 3.8) is 0 Å². The van der Waals surface area contributed by atoms with E-state index in [1.54, 1.807) is 12.1 Å². The zero-order valence-corrected chi connectivity index (χ0v) is 13.7. The molecule has 1 aliphatic heterocycles. The lowest BCUT2D eigenvalue weighted by Gasteiger charge is -2.33. The zero-order chi connectivity index (χ0) is 15.8. The van der Waals surface area contributed by atoms with Crippen LogP contribution in [-0.2, 0) is 10.0 Å². The Balaban J connectivity index is 2.31. The first-order valence-corrected chi connectivity index (χ1v) is 8.68. The standard InChI is InChI=1S/C13H15BrF3NO2S/c1-9-4-5-12(11(14)7-9)21(19,20)18-6-2-3-10(8-18)13(15,16)17/h4-5,7,10H,2-3,6,8H2,1H3. The van der Waals surface area contributed by atoms with E-state index >= 15 is 0 Å². The number of rotatable bonds is 2. The van der Waals surface area contributed by atoms with Gasteiger partial charge < -0.3 is 0 Å². The van der Waals surface area contributed by atoms with Crippen LogP contribution in [0.3, 0.4) is 0 Å². The molecule has 0 bridgehead atoms. The van der Waals surface area contributed by atoms with Gasteiger partial charge >= 0.3 is 6.18 Å². The van der Waals surface area contributed by atoms with Crippen LogP contribution in [0, 0.1) is 12.8 Å². The molecule has 0 amide bonds. The third-order valence-electron chi connectivity index (χ3n) is 3.55. The molecule has 1 saturated heterocycles. The van der Waals surface area contributed by atoms with Gasteiger partial charge in [-0.2, -0.15) is 17.5 Å². The second-order valence-corrected chi connectivity index (χ2v) is 7.94. The van der Waals surface area contributed by atoms with Gasteiger partial charge in [-0.3, -0.25) is 0 Å². The van der Waals surface area contributed by atoms with E-state index in [1.807, 2.05) is 6.92 Å². The van der Waals surface area contributed by atoms with Gasteiger partial charge in [0.1, 0.15) is 0 Å². The summed E-state index contributed by atoms with van der Waals surface area (Å²) in [5.41, 5.74) is 0.868. The van der Waals surface area contributed by atoms with Crippen molar-refractivity contribution in [1.82, 2.24) is 4.31 Å². The van der Waals surface area contributed by atoms with Crippen LogP contribution < -0.4 is 0 Å². The minimum Gasteiger partial charge on any atom is -0.207 e. The van der Waals surface area contributed by atoms with Crippen LogP contribution in [0.2, 0.25) is 0 Å². The Hall–Kier alpha value is -0.600. The number of nitrogens with zero attached hydrogens (tertiary/aromatic N) is 1. The maximum atomic E-state index is 12.8. The maximum absolute atomic E-state index is 12.8. The molecule has 0 spiro atoms. The lowest BCUT2D eigenvalue weighted by atomic mass is 9.99. The van der Waals surface area contributed by atoms with E-state index in [4.69, 9.17) is 0 Å². The first-order valence-electron chi connectivity index (χ1n) is 6.45. The summed E-state index contributed by atoms with van der Waals surface area (Å²) in [6, 6.07) is 4.69. The summed E-state index contributed by atoms with van der Waals surface area (Å²) in [5.74, 6) is -1.59. The Kier molecular flexibility index (Phi) is 4.70. The van der Waals surface area contributed by atoms with E-state index in [-0.39, 0.29) is 24.3 Å². The molecule has 3 nitrogen and oxygen atoms in total. The molecule has 118 valence electrons. The average Bonchev–Trinajstić information content (AvgIpc) is 2.37. The van der Waals surface area contributed by atoms with Crippen molar-refractivity contribution in [2.75, 3.05) is 13.1 Å². The summed E-state index contributed by atoms with van der Waals surface area (Å²) in [6.45, 7) is 1.42. The lowest BCUT2D eigenvalue weighted by Crippen LogP contribution is -2.44. The fourth-order valence-electron chi connectivity index (χ4n) is 2.38. The molecule has 8 heteroatoms. The molecule has 1 aromatic rings. The molecular weight excluding hydrogens is 371 g/mol. The molecule has 1 unspecified atom stereocenters. The Bertz CT molecular complexity index is 631. The van der Waals surface area contributed by atoms with Crippen LogP contribution in [0.4, 0.5) is 13.2 Å².